The summed E-state index contributed by atoms with van der Waals surface area (Å²) in [5, 5.41) is 13.4. The second-order valence-electron chi connectivity index (χ2n) is 5.36. The van der Waals surface area contributed by atoms with Crippen LogP contribution in [0.3, 0.4) is 0 Å². The van der Waals surface area contributed by atoms with Crippen molar-refractivity contribution in [2.45, 2.75) is 26.4 Å². The number of aromatic nitrogens is 2. The molecule has 2 heterocycles. The zero-order valence-electron chi connectivity index (χ0n) is 12.5. The molecule has 7 heteroatoms. The summed E-state index contributed by atoms with van der Waals surface area (Å²) in [6, 6.07) is 0. The fourth-order valence-corrected chi connectivity index (χ4v) is 2.56. The number of nitrogens with zero attached hydrogens (tertiary/aromatic N) is 4. The number of carbonyl (C=O) groups is 2. The molecule has 0 aliphatic carbocycles. The van der Waals surface area contributed by atoms with E-state index >= 15 is 0 Å². The van der Waals surface area contributed by atoms with Gasteiger partial charge in [0.2, 0.25) is 11.8 Å². The van der Waals surface area contributed by atoms with Gasteiger partial charge in [-0.2, -0.15) is 5.10 Å². The van der Waals surface area contributed by atoms with E-state index in [0.29, 0.717) is 13.1 Å². The summed E-state index contributed by atoms with van der Waals surface area (Å²) in [7, 11) is 1.71. The minimum absolute atomic E-state index is 0.00361. The molecule has 0 radical (unpaired) electrons. The van der Waals surface area contributed by atoms with Gasteiger partial charge in [-0.3, -0.25) is 14.3 Å². The van der Waals surface area contributed by atoms with E-state index in [9.17, 15) is 9.59 Å². The first-order valence-corrected chi connectivity index (χ1v) is 7.20. The first-order valence-electron chi connectivity index (χ1n) is 7.20. The van der Waals surface area contributed by atoms with Crippen molar-refractivity contribution >= 4 is 11.8 Å². The second-order valence-corrected chi connectivity index (χ2v) is 5.36. The third kappa shape index (κ3) is 3.60. The maximum absolute atomic E-state index is 12.5. The number of rotatable bonds is 6. The van der Waals surface area contributed by atoms with Gasteiger partial charge in [-0.25, -0.2) is 0 Å². The monoisotopic (exact) mass is 294 g/mol. The maximum Gasteiger partial charge on any atom is 0.228 e. The number of hydrogen-bond donors (Lipinski definition) is 1. The number of hydrogen-bond acceptors (Lipinski definition) is 4. The molecule has 1 aliphatic rings. The standard InChI is InChI=1S/C14H22N4O3/c1-3-18-9-11(7-15-18)8-17(4-5-19)14(21)12-6-13(20)16(2)10-12/h7,9,12,19H,3-6,8,10H2,1-2H3. The molecule has 1 atom stereocenters. The molecule has 1 aromatic rings. The van der Waals surface area contributed by atoms with Gasteiger partial charge < -0.3 is 14.9 Å². The second kappa shape index (κ2) is 6.71. The Morgan fingerprint density at radius 3 is 2.86 bits per heavy atom. The topological polar surface area (TPSA) is 78.7 Å². The van der Waals surface area contributed by atoms with Crippen LogP contribution in [0, 0.1) is 5.92 Å². The molecule has 21 heavy (non-hydrogen) atoms. The molecule has 2 rings (SSSR count). The Balaban J connectivity index is 2.04. The molecule has 0 bridgehead atoms. The first-order chi connectivity index (χ1) is 10.0. The number of likely N-dealkylation sites (tertiary alicyclic amines) is 1. The highest BCUT2D eigenvalue weighted by atomic mass is 16.3. The Labute approximate surface area is 124 Å². The molecule has 0 spiro atoms. The zero-order valence-corrected chi connectivity index (χ0v) is 12.5. The fourth-order valence-electron chi connectivity index (χ4n) is 2.56. The lowest BCUT2D eigenvalue weighted by atomic mass is 10.1. The molecule has 1 aliphatic heterocycles. The van der Waals surface area contributed by atoms with Crippen LogP contribution < -0.4 is 0 Å². The minimum Gasteiger partial charge on any atom is -0.395 e. The summed E-state index contributed by atoms with van der Waals surface area (Å²) in [6.45, 7) is 3.81. The van der Waals surface area contributed by atoms with Crippen LogP contribution in [0.25, 0.3) is 0 Å². The third-order valence-corrected chi connectivity index (χ3v) is 3.76. The molecular formula is C14H22N4O3. The molecule has 1 fully saturated rings. The lowest BCUT2D eigenvalue weighted by Gasteiger charge is -2.24. The summed E-state index contributed by atoms with van der Waals surface area (Å²) < 4.78 is 1.80. The van der Waals surface area contributed by atoms with Gasteiger partial charge in [0.25, 0.3) is 0 Å². The number of aliphatic hydroxyl groups excluding tert-OH is 1. The van der Waals surface area contributed by atoms with Crippen molar-refractivity contribution in [3.8, 4) is 0 Å². The van der Waals surface area contributed by atoms with Crippen molar-refractivity contribution in [1.82, 2.24) is 19.6 Å². The Morgan fingerprint density at radius 1 is 1.57 bits per heavy atom. The van der Waals surface area contributed by atoms with E-state index in [1.54, 1.807) is 27.7 Å². The van der Waals surface area contributed by atoms with Crippen LogP contribution in [0.4, 0.5) is 0 Å². The molecule has 0 aromatic carbocycles. The van der Waals surface area contributed by atoms with Crippen LogP contribution in [0.2, 0.25) is 0 Å². The minimum atomic E-state index is -0.310. The van der Waals surface area contributed by atoms with E-state index in [0.717, 1.165) is 12.1 Å². The summed E-state index contributed by atoms with van der Waals surface area (Å²) in [5.74, 6) is -0.391. The first kappa shape index (κ1) is 15.5. The largest absolute Gasteiger partial charge is 0.395 e. The van der Waals surface area contributed by atoms with E-state index in [2.05, 4.69) is 5.10 Å². The number of amides is 2. The average molecular weight is 294 g/mol. The Hall–Kier alpha value is -1.89. The van der Waals surface area contributed by atoms with Crippen molar-refractivity contribution in [3.05, 3.63) is 18.0 Å². The Kier molecular flexibility index (Phi) is 4.95. The molecule has 1 unspecified atom stereocenters. The van der Waals surface area contributed by atoms with Gasteiger partial charge in [0.05, 0.1) is 18.7 Å². The summed E-state index contributed by atoms with van der Waals surface area (Å²) in [6.07, 6.45) is 3.88. The van der Waals surface area contributed by atoms with Gasteiger partial charge in [-0.05, 0) is 6.92 Å². The van der Waals surface area contributed by atoms with Crippen LogP contribution in [0.15, 0.2) is 12.4 Å². The van der Waals surface area contributed by atoms with Crippen molar-refractivity contribution in [2.24, 2.45) is 5.92 Å². The predicted octanol–water partition coefficient (Wildman–Crippen LogP) is -0.298. The molecule has 0 saturated carbocycles. The average Bonchev–Trinajstić information content (AvgIpc) is 3.05. The normalized spacial score (nSPS) is 18.3. The van der Waals surface area contributed by atoms with Crippen molar-refractivity contribution in [2.75, 3.05) is 26.7 Å². The highest BCUT2D eigenvalue weighted by molar-refractivity contribution is 5.89. The molecule has 1 N–H and O–H groups in total. The van der Waals surface area contributed by atoms with Gasteiger partial charge in [0, 0.05) is 51.4 Å². The SMILES string of the molecule is CCn1cc(CN(CCO)C(=O)C2CC(=O)N(C)C2)cn1. The Morgan fingerprint density at radius 2 is 2.33 bits per heavy atom. The quantitative estimate of drug-likeness (QED) is 0.781. The van der Waals surface area contributed by atoms with E-state index < -0.39 is 0 Å². The zero-order chi connectivity index (χ0) is 15.4. The number of aliphatic hydroxyl groups is 1. The third-order valence-electron chi connectivity index (χ3n) is 3.76. The number of carbonyl (C=O) groups excluding carboxylic acids is 2. The van der Waals surface area contributed by atoms with Crippen molar-refractivity contribution in [3.63, 3.8) is 0 Å². The van der Waals surface area contributed by atoms with Crippen LogP contribution in [-0.2, 0) is 22.7 Å². The molecule has 2 amide bonds. The van der Waals surface area contributed by atoms with Crippen molar-refractivity contribution in [1.29, 1.82) is 0 Å². The van der Waals surface area contributed by atoms with Gasteiger partial charge >= 0.3 is 0 Å². The Bertz CT molecular complexity index is 514. The predicted molar refractivity (Wildman–Crippen MR) is 76.1 cm³/mol. The maximum atomic E-state index is 12.5. The van der Waals surface area contributed by atoms with E-state index in [1.807, 2.05) is 13.1 Å². The lowest BCUT2D eigenvalue weighted by Crippen LogP contribution is -2.38. The molecule has 1 aromatic heterocycles. The fraction of sp³-hybridized carbons (Fsp3) is 0.643. The number of aryl methyl sites for hydroxylation is 1. The van der Waals surface area contributed by atoms with Gasteiger partial charge in [-0.1, -0.05) is 0 Å². The molecule has 116 valence electrons. The van der Waals surface area contributed by atoms with Crippen LogP contribution in [0.1, 0.15) is 18.9 Å². The molecule has 7 nitrogen and oxygen atoms in total. The summed E-state index contributed by atoms with van der Waals surface area (Å²) in [4.78, 5) is 27.3. The van der Waals surface area contributed by atoms with Gasteiger partial charge in [0.15, 0.2) is 0 Å². The van der Waals surface area contributed by atoms with Crippen LogP contribution >= 0.6 is 0 Å². The van der Waals surface area contributed by atoms with Crippen molar-refractivity contribution < 1.29 is 14.7 Å². The van der Waals surface area contributed by atoms with E-state index in [-0.39, 0.29) is 37.3 Å². The molecular weight excluding hydrogens is 272 g/mol. The van der Waals surface area contributed by atoms with E-state index in [1.165, 1.54) is 0 Å². The van der Waals surface area contributed by atoms with Crippen LogP contribution in [-0.4, -0.2) is 63.2 Å². The highest BCUT2D eigenvalue weighted by Crippen LogP contribution is 2.19. The van der Waals surface area contributed by atoms with E-state index in [4.69, 9.17) is 5.11 Å². The smallest absolute Gasteiger partial charge is 0.228 e. The van der Waals surface area contributed by atoms with Gasteiger partial charge in [-0.15, -0.1) is 0 Å². The highest BCUT2D eigenvalue weighted by Gasteiger charge is 2.34. The van der Waals surface area contributed by atoms with Gasteiger partial charge in [0.1, 0.15) is 0 Å². The van der Waals surface area contributed by atoms with Crippen LogP contribution in [0.5, 0.6) is 0 Å². The molecule has 1 saturated heterocycles. The summed E-state index contributed by atoms with van der Waals surface area (Å²) in [5.41, 5.74) is 0.927. The lowest BCUT2D eigenvalue weighted by molar-refractivity contribution is -0.137. The summed E-state index contributed by atoms with van der Waals surface area (Å²) >= 11 is 0.